The van der Waals surface area contributed by atoms with E-state index in [2.05, 4.69) is 45.0 Å². The Morgan fingerprint density at radius 2 is 1.33 bits per heavy atom. The molecule has 0 N–H and O–H groups in total. The van der Waals surface area contributed by atoms with Crippen LogP contribution in [0.2, 0.25) is 0 Å². The molecule has 98 valence electrons. The van der Waals surface area contributed by atoms with Crippen LogP contribution in [-0.2, 0) is 6.54 Å². The quantitative estimate of drug-likeness (QED) is 0.569. The van der Waals surface area contributed by atoms with E-state index in [-0.39, 0.29) is 17.0 Å². The van der Waals surface area contributed by atoms with Crippen molar-refractivity contribution in [3.05, 3.63) is 35.9 Å². The van der Waals surface area contributed by atoms with Gasteiger partial charge in [-0.1, -0.05) is 30.3 Å². The van der Waals surface area contributed by atoms with E-state index in [4.69, 9.17) is 0 Å². The monoisotopic (exact) mass is 310 g/mol. The van der Waals surface area contributed by atoms with Gasteiger partial charge in [0.05, 0.1) is 20.0 Å². The van der Waals surface area contributed by atoms with E-state index in [1.54, 1.807) is 0 Å². The number of quaternary nitrogens is 1. The fourth-order valence-corrected chi connectivity index (χ4v) is 3.78. The van der Waals surface area contributed by atoms with Gasteiger partial charge in [0, 0.05) is 5.56 Å². The molecule has 4 aliphatic heterocycles. The molecule has 0 aliphatic carbocycles. The Morgan fingerprint density at radius 3 is 1.83 bits per heavy atom. The summed E-state index contributed by atoms with van der Waals surface area (Å²) in [6.45, 7) is 8.36. The van der Waals surface area contributed by atoms with Crippen LogP contribution < -0.4 is 17.0 Å². The summed E-state index contributed by atoms with van der Waals surface area (Å²) in [5, 5.41) is 0. The fraction of sp³-hybridized carbons (Fsp3) is 0.538. The summed E-state index contributed by atoms with van der Waals surface area (Å²) < 4.78 is 1.20. The van der Waals surface area contributed by atoms with Crippen molar-refractivity contribution < 1.29 is 21.5 Å². The molecular formula is C13H19BrN4. The first-order valence-electron chi connectivity index (χ1n) is 6.38. The first-order valence-corrected chi connectivity index (χ1v) is 6.38. The van der Waals surface area contributed by atoms with Gasteiger partial charge in [0.15, 0.2) is 0 Å². The molecule has 4 saturated heterocycles. The largest absolute Gasteiger partial charge is 1.00 e. The Kier molecular flexibility index (Phi) is 3.20. The van der Waals surface area contributed by atoms with E-state index in [1.165, 1.54) is 56.6 Å². The minimum atomic E-state index is 0. The molecule has 0 aromatic heterocycles. The first-order chi connectivity index (χ1) is 8.31. The second kappa shape index (κ2) is 4.58. The zero-order chi connectivity index (χ0) is 11.3. The van der Waals surface area contributed by atoms with Crippen molar-refractivity contribution in [2.45, 2.75) is 6.54 Å². The maximum atomic E-state index is 2.57. The summed E-state index contributed by atoms with van der Waals surface area (Å²) in [5.74, 6) is 0. The van der Waals surface area contributed by atoms with Gasteiger partial charge in [0.1, 0.15) is 26.6 Å². The Labute approximate surface area is 119 Å². The molecule has 4 fully saturated rings. The van der Waals surface area contributed by atoms with Gasteiger partial charge in [-0.2, -0.15) is 0 Å². The van der Waals surface area contributed by atoms with E-state index in [9.17, 15) is 0 Å². The lowest BCUT2D eigenvalue weighted by Gasteiger charge is -2.60. The average Bonchev–Trinajstić information content (AvgIpc) is 2.27. The van der Waals surface area contributed by atoms with Gasteiger partial charge < -0.3 is 17.0 Å². The van der Waals surface area contributed by atoms with E-state index < -0.39 is 0 Å². The predicted molar refractivity (Wildman–Crippen MR) is 65.1 cm³/mol. The van der Waals surface area contributed by atoms with E-state index >= 15 is 0 Å². The molecule has 0 atom stereocenters. The average molecular weight is 311 g/mol. The summed E-state index contributed by atoms with van der Waals surface area (Å²) in [4.78, 5) is 7.71. The second-order valence-corrected chi connectivity index (χ2v) is 5.85. The summed E-state index contributed by atoms with van der Waals surface area (Å²) in [7, 11) is 0. The minimum Gasteiger partial charge on any atom is -1.00 e. The maximum Gasteiger partial charge on any atom is 0.139 e. The molecule has 5 rings (SSSR count). The zero-order valence-electron chi connectivity index (χ0n) is 10.5. The van der Waals surface area contributed by atoms with Crippen LogP contribution in [-0.4, -0.2) is 59.2 Å². The third-order valence-corrected chi connectivity index (χ3v) is 4.06. The van der Waals surface area contributed by atoms with Crippen LogP contribution in [0.25, 0.3) is 0 Å². The molecule has 5 heteroatoms. The van der Waals surface area contributed by atoms with Gasteiger partial charge in [-0.3, -0.25) is 4.48 Å². The highest BCUT2D eigenvalue weighted by Crippen LogP contribution is 2.30. The predicted octanol–water partition coefficient (Wildman–Crippen LogP) is -2.30. The Bertz CT molecular complexity index is 387. The number of nitrogens with zero attached hydrogens (tertiary/aromatic N) is 4. The number of halogens is 1. The molecule has 0 unspecified atom stereocenters. The van der Waals surface area contributed by atoms with Crippen LogP contribution >= 0.6 is 0 Å². The molecule has 0 spiro atoms. The van der Waals surface area contributed by atoms with Crippen LogP contribution in [0.5, 0.6) is 0 Å². The van der Waals surface area contributed by atoms with Gasteiger partial charge in [0.25, 0.3) is 0 Å². The molecule has 4 bridgehead atoms. The Balaban J connectivity index is 0.000001000. The van der Waals surface area contributed by atoms with Crippen LogP contribution in [0.3, 0.4) is 0 Å². The normalized spacial score (nSPS) is 40.6. The van der Waals surface area contributed by atoms with Crippen molar-refractivity contribution >= 4 is 0 Å². The number of benzene rings is 1. The fourth-order valence-electron chi connectivity index (χ4n) is 3.78. The van der Waals surface area contributed by atoms with Crippen molar-refractivity contribution in [2.75, 3.05) is 40.0 Å². The molecule has 4 heterocycles. The van der Waals surface area contributed by atoms with Gasteiger partial charge in [-0.25, -0.2) is 14.7 Å². The van der Waals surface area contributed by atoms with Crippen molar-refractivity contribution in [3.8, 4) is 0 Å². The maximum absolute atomic E-state index is 2.57. The van der Waals surface area contributed by atoms with Crippen LogP contribution in [0, 0.1) is 0 Å². The number of hydrogen-bond donors (Lipinski definition) is 0. The molecule has 4 aliphatic rings. The molecule has 1 aromatic carbocycles. The van der Waals surface area contributed by atoms with E-state index in [0.29, 0.717) is 0 Å². The smallest absolute Gasteiger partial charge is 0.139 e. The zero-order valence-corrected chi connectivity index (χ0v) is 12.1. The SMILES string of the molecule is [Br-].c1ccc(C[N+]23CN4CN(CN(C4)C2)C3)cc1. The Morgan fingerprint density at radius 1 is 0.833 bits per heavy atom. The molecular weight excluding hydrogens is 292 g/mol. The lowest BCUT2D eigenvalue weighted by Crippen LogP contribution is -3.00. The summed E-state index contributed by atoms with van der Waals surface area (Å²) in [6.07, 6.45) is 0. The molecule has 0 amide bonds. The second-order valence-electron chi connectivity index (χ2n) is 5.85. The highest BCUT2D eigenvalue weighted by molar-refractivity contribution is 5.13. The molecule has 18 heavy (non-hydrogen) atoms. The lowest BCUT2D eigenvalue weighted by molar-refractivity contribution is -0.991. The molecule has 1 aromatic rings. The lowest BCUT2D eigenvalue weighted by atomic mass is 10.1. The van der Waals surface area contributed by atoms with Gasteiger partial charge in [0.2, 0.25) is 0 Å². The molecule has 0 radical (unpaired) electrons. The van der Waals surface area contributed by atoms with E-state index in [1.807, 2.05) is 0 Å². The summed E-state index contributed by atoms with van der Waals surface area (Å²) in [5.41, 5.74) is 1.47. The van der Waals surface area contributed by atoms with Crippen LogP contribution in [0.1, 0.15) is 5.56 Å². The van der Waals surface area contributed by atoms with Gasteiger partial charge in [-0.15, -0.1) is 0 Å². The van der Waals surface area contributed by atoms with Crippen molar-refractivity contribution in [1.82, 2.24) is 14.7 Å². The third kappa shape index (κ3) is 2.10. The number of hydrogen-bond acceptors (Lipinski definition) is 3. The summed E-state index contributed by atoms with van der Waals surface area (Å²) >= 11 is 0. The standard InChI is InChI=1S/C13H19N4.BrH/c1-2-4-13(5-3-1)6-17-10-14-7-15(11-17)9-16(8-14)12-17;/h1-5H,6-12H2;1H/q+1;/p-1. The third-order valence-electron chi connectivity index (χ3n) is 4.06. The number of rotatable bonds is 2. The molecule has 4 nitrogen and oxygen atoms in total. The summed E-state index contributed by atoms with van der Waals surface area (Å²) in [6, 6.07) is 10.9. The highest BCUT2D eigenvalue weighted by Gasteiger charge is 2.48. The highest BCUT2D eigenvalue weighted by atomic mass is 79.9. The van der Waals surface area contributed by atoms with Crippen molar-refractivity contribution in [3.63, 3.8) is 0 Å². The van der Waals surface area contributed by atoms with Crippen LogP contribution in [0.4, 0.5) is 0 Å². The Hall–Kier alpha value is -0.460. The van der Waals surface area contributed by atoms with Crippen molar-refractivity contribution in [1.29, 1.82) is 0 Å². The first kappa shape index (κ1) is 12.6. The van der Waals surface area contributed by atoms with Crippen LogP contribution in [0.15, 0.2) is 30.3 Å². The molecule has 0 saturated carbocycles. The minimum absolute atomic E-state index is 0. The van der Waals surface area contributed by atoms with Crippen molar-refractivity contribution in [2.24, 2.45) is 0 Å². The van der Waals surface area contributed by atoms with Gasteiger partial charge in [-0.05, 0) is 0 Å². The topological polar surface area (TPSA) is 9.72 Å². The van der Waals surface area contributed by atoms with E-state index in [0.717, 1.165) is 0 Å². The van der Waals surface area contributed by atoms with Gasteiger partial charge >= 0.3 is 0 Å².